The van der Waals surface area contributed by atoms with E-state index in [-0.39, 0.29) is 5.41 Å². The maximum absolute atomic E-state index is 6.06. The van der Waals surface area contributed by atoms with E-state index in [2.05, 4.69) is 139 Å². The molecular weight excluding hydrogens is 474 g/mol. The van der Waals surface area contributed by atoms with Crippen LogP contribution in [0.3, 0.4) is 0 Å². The Bertz CT molecular complexity index is 1580. The fourth-order valence-corrected chi connectivity index (χ4v) is 6.37. The third-order valence-electron chi connectivity index (χ3n) is 7.84. The normalized spacial score (nSPS) is 16.4. The third-order valence-corrected chi connectivity index (χ3v) is 7.84. The van der Waals surface area contributed by atoms with Crippen LogP contribution in [0.25, 0.3) is 33.4 Å². The molecule has 0 spiro atoms. The van der Waals surface area contributed by atoms with Crippen molar-refractivity contribution in [1.82, 2.24) is 5.32 Å². The van der Waals surface area contributed by atoms with E-state index in [1.54, 1.807) is 0 Å². The molecule has 1 N–H and O–H groups in total. The van der Waals surface area contributed by atoms with Crippen molar-refractivity contribution in [3.05, 3.63) is 156 Å². The lowest BCUT2D eigenvalue weighted by molar-refractivity contribution is 0.156. The van der Waals surface area contributed by atoms with E-state index in [9.17, 15) is 0 Å². The summed E-state index contributed by atoms with van der Waals surface area (Å²) in [6.07, 6.45) is 0. The average molecular weight is 508 g/mol. The highest BCUT2D eigenvalue weighted by molar-refractivity contribution is 6.12. The smallest absolute Gasteiger partial charge is 0.0612 e. The summed E-state index contributed by atoms with van der Waals surface area (Å²) >= 11 is 0. The van der Waals surface area contributed by atoms with E-state index >= 15 is 0 Å². The summed E-state index contributed by atoms with van der Waals surface area (Å²) in [5.74, 6) is 0. The Morgan fingerprint density at radius 1 is 0.564 bits per heavy atom. The minimum atomic E-state index is -0.371. The third kappa shape index (κ3) is 4.32. The van der Waals surface area contributed by atoms with Crippen molar-refractivity contribution in [2.24, 2.45) is 0 Å². The van der Waals surface area contributed by atoms with Crippen molar-refractivity contribution in [2.45, 2.75) is 5.41 Å². The lowest BCUT2D eigenvalue weighted by Crippen LogP contribution is -2.40. The fraction of sp³-hybridized carbons (Fsp3) is 0.135. The maximum Gasteiger partial charge on any atom is 0.0612 e. The molecule has 0 radical (unpaired) electrons. The Kier molecular flexibility index (Phi) is 6.98. The van der Waals surface area contributed by atoms with Gasteiger partial charge in [0.25, 0.3) is 0 Å². The number of likely N-dealkylation sites (N-methyl/N-ethyl adjacent to an activating group) is 1. The number of fused-ring (bicyclic) bond motifs is 1. The zero-order valence-corrected chi connectivity index (χ0v) is 22.5. The van der Waals surface area contributed by atoms with Gasteiger partial charge in [-0.1, -0.05) is 133 Å². The summed E-state index contributed by atoms with van der Waals surface area (Å²) in [5.41, 5.74) is 12.2. The Hall–Kier alpha value is -4.24. The van der Waals surface area contributed by atoms with Gasteiger partial charge in [-0.25, -0.2) is 0 Å². The largest absolute Gasteiger partial charge is 0.383 e. The Morgan fingerprint density at radius 3 is 1.62 bits per heavy atom. The lowest BCUT2D eigenvalue weighted by atomic mass is 9.74. The first-order valence-corrected chi connectivity index (χ1v) is 13.6. The SMILES string of the molecule is CNCC1(COC)C(c2ccccc2)=C(c2ccccc2)c2c1ccc(-c1ccccc1)c2-c1ccccc1. The first-order chi connectivity index (χ1) is 19.3. The van der Waals surface area contributed by atoms with Gasteiger partial charge in [0.05, 0.1) is 12.0 Å². The molecule has 0 aromatic heterocycles. The molecule has 1 atom stereocenters. The van der Waals surface area contributed by atoms with Crippen molar-refractivity contribution in [3.63, 3.8) is 0 Å². The van der Waals surface area contributed by atoms with Crippen LogP contribution in [0.1, 0.15) is 22.3 Å². The van der Waals surface area contributed by atoms with Gasteiger partial charge < -0.3 is 10.1 Å². The number of rotatable bonds is 8. The number of hydrogen-bond donors (Lipinski definition) is 1. The molecule has 0 saturated heterocycles. The van der Waals surface area contributed by atoms with Gasteiger partial charge in [-0.15, -0.1) is 0 Å². The van der Waals surface area contributed by atoms with Crippen LogP contribution in [0.5, 0.6) is 0 Å². The maximum atomic E-state index is 6.06. The highest BCUT2D eigenvalue weighted by Crippen LogP contribution is 2.57. The molecule has 2 nitrogen and oxygen atoms in total. The highest BCUT2D eigenvalue weighted by atomic mass is 16.5. The van der Waals surface area contributed by atoms with Crippen molar-refractivity contribution in [2.75, 3.05) is 27.3 Å². The average Bonchev–Trinajstić information content (AvgIpc) is 3.28. The van der Waals surface area contributed by atoms with E-state index in [1.807, 2.05) is 14.2 Å². The molecule has 1 unspecified atom stereocenters. The molecule has 0 saturated carbocycles. The topological polar surface area (TPSA) is 21.3 Å². The molecule has 5 aromatic rings. The van der Waals surface area contributed by atoms with Gasteiger partial charge in [-0.3, -0.25) is 0 Å². The van der Waals surface area contributed by atoms with Crippen LogP contribution < -0.4 is 5.32 Å². The molecule has 39 heavy (non-hydrogen) atoms. The number of nitrogens with one attached hydrogen (secondary N) is 1. The van der Waals surface area contributed by atoms with E-state index in [0.29, 0.717) is 6.61 Å². The molecule has 192 valence electrons. The second-order valence-electron chi connectivity index (χ2n) is 10.2. The minimum Gasteiger partial charge on any atom is -0.383 e. The van der Waals surface area contributed by atoms with Crippen LogP contribution in [0, 0.1) is 0 Å². The van der Waals surface area contributed by atoms with Crippen LogP contribution >= 0.6 is 0 Å². The van der Waals surface area contributed by atoms with Gasteiger partial charge in [0.15, 0.2) is 0 Å². The molecule has 2 heteroatoms. The number of ether oxygens (including phenoxy) is 1. The summed E-state index contributed by atoms with van der Waals surface area (Å²) < 4.78 is 6.06. The van der Waals surface area contributed by atoms with Crippen LogP contribution in [-0.2, 0) is 10.2 Å². The van der Waals surface area contributed by atoms with E-state index in [0.717, 1.165) is 6.54 Å². The molecule has 6 rings (SSSR count). The first-order valence-electron chi connectivity index (χ1n) is 13.6. The molecule has 1 aliphatic carbocycles. The Morgan fingerprint density at radius 2 is 1.08 bits per heavy atom. The van der Waals surface area contributed by atoms with Crippen LogP contribution in [0.4, 0.5) is 0 Å². The quantitative estimate of drug-likeness (QED) is 0.229. The van der Waals surface area contributed by atoms with Crippen LogP contribution in [0.15, 0.2) is 133 Å². The van der Waals surface area contributed by atoms with Gasteiger partial charge in [0, 0.05) is 13.7 Å². The van der Waals surface area contributed by atoms with E-state index < -0.39 is 0 Å². The van der Waals surface area contributed by atoms with Crippen molar-refractivity contribution >= 4 is 11.1 Å². The summed E-state index contributed by atoms with van der Waals surface area (Å²) in [6, 6.07) is 48.0. The zero-order chi connectivity index (χ0) is 26.7. The van der Waals surface area contributed by atoms with Gasteiger partial charge in [0.2, 0.25) is 0 Å². The van der Waals surface area contributed by atoms with E-state index in [4.69, 9.17) is 4.74 Å². The summed E-state index contributed by atoms with van der Waals surface area (Å²) in [4.78, 5) is 0. The van der Waals surface area contributed by atoms with Crippen molar-refractivity contribution in [1.29, 1.82) is 0 Å². The molecule has 0 amide bonds. The summed E-state index contributed by atoms with van der Waals surface area (Å²) in [7, 11) is 3.85. The monoisotopic (exact) mass is 507 g/mol. The van der Waals surface area contributed by atoms with Gasteiger partial charge >= 0.3 is 0 Å². The van der Waals surface area contributed by atoms with Gasteiger partial charge in [-0.05, 0) is 62.7 Å². The highest BCUT2D eigenvalue weighted by Gasteiger charge is 2.47. The van der Waals surface area contributed by atoms with Crippen molar-refractivity contribution in [3.8, 4) is 22.3 Å². The minimum absolute atomic E-state index is 0.371. The molecule has 0 fully saturated rings. The summed E-state index contributed by atoms with van der Waals surface area (Å²) in [5, 5.41) is 3.54. The summed E-state index contributed by atoms with van der Waals surface area (Å²) in [6.45, 7) is 1.33. The molecule has 0 heterocycles. The molecule has 0 aliphatic heterocycles. The lowest BCUT2D eigenvalue weighted by Gasteiger charge is -2.34. The fourth-order valence-electron chi connectivity index (χ4n) is 6.37. The van der Waals surface area contributed by atoms with E-state index in [1.165, 1.54) is 55.7 Å². The predicted octanol–water partition coefficient (Wildman–Crippen LogP) is 8.10. The van der Waals surface area contributed by atoms with Gasteiger partial charge in [-0.2, -0.15) is 0 Å². The standard InChI is InChI=1S/C37H33NO/c1-38-25-37(26-39-2)32-24-23-31(27-15-7-3-8-16-27)33(28-17-9-4-10-18-28)35(32)34(29-19-11-5-12-20-29)36(37)30-21-13-6-14-22-30/h3-24,38H,25-26H2,1-2H3. The molecular formula is C37H33NO. The van der Waals surface area contributed by atoms with Gasteiger partial charge in [0.1, 0.15) is 0 Å². The Labute approximate surface area is 231 Å². The number of methoxy groups -OCH3 is 1. The molecule has 5 aromatic carbocycles. The second-order valence-corrected chi connectivity index (χ2v) is 10.2. The molecule has 1 aliphatic rings. The number of benzene rings is 5. The predicted molar refractivity (Wildman–Crippen MR) is 164 cm³/mol. The zero-order valence-electron chi connectivity index (χ0n) is 22.5. The van der Waals surface area contributed by atoms with Crippen LogP contribution in [0.2, 0.25) is 0 Å². The number of hydrogen-bond acceptors (Lipinski definition) is 2. The molecule has 0 bridgehead atoms. The first kappa shape index (κ1) is 25.1. The Balaban J connectivity index is 1.82. The van der Waals surface area contributed by atoms with Crippen molar-refractivity contribution < 1.29 is 4.74 Å². The second kappa shape index (κ2) is 10.9. The van der Waals surface area contributed by atoms with Crippen LogP contribution in [-0.4, -0.2) is 27.3 Å².